The lowest BCUT2D eigenvalue weighted by molar-refractivity contribution is -0.0123. The van der Waals surface area contributed by atoms with E-state index in [-0.39, 0.29) is 42.7 Å². The number of hydrogen-bond acceptors (Lipinski definition) is 6. The van der Waals surface area contributed by atoms with Gasteiger partial charge in [-0.25, -0.2) is 4.79 Å². The summed E-state index contributed by atoms with van der Waals surface area (Å²) < 4.78 is 12.7. The topological polar surface area (TPSA) is 94.6 Å². The number of urea groups is 1. The average Bonchev–Trinajstić information content (AvgIpc) is 2.94. The molecule has 0 unspecified atom stereocenters. The highest BCUT2D eigenvalue weighted by Crippen LogP contribution is 2.29. The number of amides is 3. The van der Waals surface area contributed by atoms with Crippen molar-refractivity contribution in [2.24, 2.45) is 5.92 Å². The highest BCUT2D eigenvalue weighted by Gasteiger charge is 2.31. The van der Waals surface area contributed by atoms with Gasteiger partial charge < -0.3 is 34.6 Å². The fourth-order valence-electron chi connectivity index (χ4n) is 5.54. The minimum atomic E-state index is -0.399. The molecule has 0 bridgehead atoms. The predicted octanol–water partition coefficient (Wildman–Crippen LogP) is 4.52. The molecule has 226 valence electrons. The number of rotatable bonds is 6. The van der Waals surface area contributed by atoms with E-state index in [0.29, 0.717) is 31.0 Å². The Morgan fingerprint density at radius 1 is 1.10 bits per heavy atom. The summed E-state index contributed by atoms with van der Waals surface area (Å²) in [6.07, 6.45) is 7.97. The Kier molecular flexibility index (Phi) is 12.4. The van der Waals surface area contributed by atoms with Crippen molar-refractivity contribution in [2.45, 2.75) is 96.4 Å². The second kappa shape index (κ2) is 15.5. The molecular weight excluding hydrogens is 508 g/mol. The third-order valence-electron chi connectivity index (χ3n) is 8.28. The van der Waals surface area contributed by atoms with Gasteiger partial charge in [-0.15, -0.1) is 0 Å². The maximum absolute atomic E-state index is 14.1. The molecule has 4 atom stereocenters. The van der Waals surface area contributed by atoms with Gasteiger partial charge in [0.05, 0.1) is 30.4 Å². The molecule has 2 aliphatic rings. The highest BCUT2D eigenvalue weighted by molar-refractivity contribution is 5.98. The van der Waals surface area contributed by atoms with Crippen LogP contribution in [0.3, 0.4) is 0 Å². The summed E-state index contributed by atoms with van der Waals surface area (Å²) >= 11 is 0. The molecule has 1 aromatic carbocycles. The SMILES string of the molecule is C[C@@H]1CCCCO[C@H](CN(C)C(=O)NC2CCCCC2)[C@H](C)CN([C@@H](C)CO)C(=O)c2cc(N(C)C)ccc2O1. The number of fused-ring (bicyclic) bond motifs is 1. The van der Waals surface area contributed by atoms with Crippen molar-refractivity contribution in [1.82, 2.24) is 15.1 Å². The fraction of sp³-hybridized carbons (Fsp3) is 0.742. The zero-order chi connectivity index (χ0) is 29.2. The number of nitrogens with one attached hydrogen (secondary N) is 1. The van der Waals surface area contributed by atoms with E-state index in [1.807, 2.05) is 58.1 Å². The lowest BCUT2D eigenvalue weighted by Crippen LogP contribution is -2.50. The van der Waals surface area contributed by atoms with Gasteiger partial charge in [-0.05, 0) is 64.2 Å². The number of hydrogen-bond donors (Lipinski definition) is 2. The lowest BCUT2D eigenvalue weighted by atomic mass is 9.96. The number of aliphatic hydroxyl groups is 1. The van der Waals surface area contributed by atoms with Crippen molar-refractivity contribution >= 4 is 17.6 Å². The first kappa shape index (κ1) is 32.0. The molecule has 2 N–H and O–H groups in total. The van der Waals surface area contributed by atoms with Crippen LogP contribution in [0.4, 0.5) is 10.5 Å². The molecule has 1 aliphatic heterocycles. The van der Waals surface area contributed by atoms with Crippen LogP contribution in [0, 0.1) is 5.92 Å². The first-order valence-corrected chi connectivity index (χ1v) is 15.1. The minimum Gasteiger partial charge on any atom is -0.490 e. The van der Waals surface area contributed by atoms with Gasteiger partial charge in [0.1, 0.15) is 5.75 Å². The zero-order valence-corrected chi connectivity index (χ0v) is 25.5. The molecule has 1 saturated carbocycles. The van der Waals surface area contributed by atoms with Crippen LogP contribution in [0.15, 0.2) is 18.2 Å². The number of likely N-dealkylation sites (N-methyl/N-ethyl adjacent to an activating group) is 1. The van der Waals surface area contributed by atoms with Gasteiger partial charge in [0.25, 0.3) is 5.91 Å². The van der Waals surface area contributed by atoms with E-state index in [2.05, 4.69) is 12.2 Å². The van der Waals surface area contributed by atoms with E-state index in [1.54, 1.807) is 9.80 Å². The van der Waals surface area contributed by atoms with Gasteiger partial charge >= 0.3 is 6.03 Å². The number of benzene rings is 1. The monoisotopic (exact) mass is 560 g/mol. The van der Waals surface area contributed by atoms with Crippen molar-refractivity contribution in [3.05, 3.63) is 23.8 Å². The van der Waals surface area contributed by atoms with E-state index in [9.17, 15) is 14.7 Å². The standard InChI is InChI=1S/C31H52N4O5/c1-22-19-35(23(2)21-36)30(37)27-18-26(33(4)5)15-16-28(27)40-24(3)12-10-11-17-39-29(22)20-34(6)31(38)32-25-13-8-7-9-14-25/h15-16,18,22-25,29,36H,7-14,17,19-21H2,1-6H3,(H,32,38)/t22-,23+,24-,29-/m1/s1. The summed E-state index contributed by atoms with van der Waals surface area (Å²) in [6, 6.07) is 5.47. The van der Waals surface area contributed by atoms with Gasteiger partial charge in [0, 0.05) is 58.5 Å². The maximum Gasteiger partial charge on any atom is 0.317 e. The van der Waals surface area contributed by atoms with Crippen molar-refractivity contribution < 1.29 is 24.2 Å². The molecule has 1 aliphatic carbocycles. The van der Waals surface area contributed by atoms with Gasteiger partial charge in [-0.2, -0.15) is 0 Å². The van der Waals surface area contributed by atoms with E-state index < -0.39 is 6.04 Å². The van der Waals surface area contributed by atoms with Gasteiger partial charge in [0.2, 0.25) is 0 Å². The minimum absolute atomic E-state index is 0.0623. The third-order valence-corrected chi connectivity index (χ3v) is 8.28. The number of aliphatic hydroxyl groups excluding tert-OH is 1. The molecular formula is C31H52N4O5. The van der Waals surface area contributed by atoms with E-state index in [0.717, 1.165) is 50.6 Å². The maximum atomic E-state index is 14.1. The van der Waals surface area contributed by atoms with Gasteiger partial charge in [-0.1, -0.05) is 26.2 Å². The molecule has 3 rings (SSSR count). The Bertz CT molecular complexity index is 952. The molecule has 3 amide bonds. The summed E-state index contributed by atoms with van der Waals surface area (Å²) in [5.74, 6) is 0.305. The van der Waals surface area contributed by atoms with Crippen molar-refractivity contribution in [2.75, 3.05) is 52.3 Å². The molecule has 1 aromatic rings. The van der Waals surface area contributed by atoms with Crippen LogP contribution < -0.4 is 15.0 Å². The number of carbonyl (C=O) groups is 2. The second-order valence-corrected chi connectivity index (χ2v) is 12.0. The Labute approximate surface area is 241 Å². The first-order chi connectivity index (χ1) is 19.1. The number of carbonyl (C=O) groups excluding carboxylic acids is 2. The van der Waals surface area contributed by atoms with Gasteiger partial charge in [0.15, 0.2) is 0 Å². The van der Waals surface area contributed by atoms with Crippen LogP contribution >= 0.6 is 0 Å². The van der Waals surface area contributed by atoms with Crippen LogP contribution in [0.25, 0.3) is 0 Å². The quantitative estimate of drug-likeness (QED) is 0.531. The Morgan fingerprint density at radius 2 is 1.80 bits per heavy atom. The van der Waals surface area contributed by atoms with E-state index in [4.69, 9.17) is 9.47 Å². The number of ether oxygens (including phenoxy) is 2. The Hall–Kier alpha value is -2.52. The van der Waals surface area contributed by atoms with E-state index >= 15 is 0 Å². The van der Waals surface area contributed by atoms with Crippen molar-refractivity contribution in [1.29, 1.82) is 0 Å². The summed E-state index contributed by atoms with van der Waals surface area (Å²) in [5.41, 5.74) is 1.39. The summed E-state index contributed by atoms with van der Waals surface area (Å²) in [5, 5.41) is 13.3. The normalized spacial score (nSPS) is 24.3. The number of nitrogens with zero attached hydrogens (tertiary/aromatic N) is 3. The molecule has 1 heterocycles. The van der Waals surface area contributed by atoms with Crippen LogP contribution in [-0.2, 0) is 4.74 Å². The van der Waals surface area contributed by atoms with Crippen molar-refractivity contribution in [3.63, 3.8) is 0 Å². The molecule has 9 nitrogen and oxygen atoms in total. The molecule has 40 heavy (non-hydrogen) atoms. The molecule has 0 radical (unpaired) electrons. The van der Waals surface area contributed by atoms with Crippen LogP contribution in [0.5, 0.6) is 5.75 Å². The third kappa shape index (κ3) is 8.99. The molecule has 0 aromatic heterocycles. The van der Waals surface area contributed by atoms with E-state index in [1.165, 1.54) is 6.42 Å². The lowest BCUT2D eigenvalue weighted by Gasteiger charge is -2.36. The van der Waals surface area contributed by atoms with Crippen LogP contribution in [0.1, 0.15) is 82.5 Å². The molecule has 0 spiro atoms. The highest BCUT2D eigenvalue weighted by atomic mass is 16.5. The van der Waals surface area contributed by atoms with Crippen LogP contribution in [0.2, 0.25) is 0 Å². The predicted molar refractivity (Wildman–Crippen MR) is 159 cm³/mol. The average molecular weight is 561 g/mol. The van der Waals surface area contributed by atoms with Gasteiger partial charge in [-0.3, -0.25) is 4.79 Å². The molecule has 0 saturated heterocycles. The Morgan fingerprint density at radius 3 is 2.48 bits per heavy atom. The molecule has 1 fully saturated rings. The van der Waals surface area contributed by atoms with Crippen molar-refractivity contribution in [3.8, 4) is 5.75 Å². The number of anilines is 1. The summed E-state index contributed by atoms with van der Waals surface area (Å²) in [7, 11) is 5.70. The zero-order valence-electron chi connectivity index (χ0n) is 25.5. The summed E-state index contributed by atoms with van der Waals surface area (Å²) in [6.45, 7) is 7.16. The first-order valence-electron chi connectivity index (χ1n) is 15.1. The fourth-order valence-corrected chi connectivity index (χ4v) is 5.54. The van der Waals surface area contributed by atoms with Crippen LogP contribution in [-0.4, -0.2) is 98.6 Å². The summed E-state index contributed by atoms with van der Waals surface area (Å²) in [4.78, 5) is 32.5. The Balaban J connectivity index is 1.85. The molecule has 9 heteroatoms. The largest absolute Gasteiger partial charge is 0.490 e. The second-order valence-electron chi connectivity index (χ2n) is 12.0. The smallest absolute Gasteiger partial charge is 0.317 e.